The van der Waals surface area contributed by atoms with Crippen LogP contribution in [0.3, 0.4) is 0 Å². The standard InChI is InChI=1S/C13H20N2O2/c1-10(2)5-8-15-11(16)9-14-12(17)13(15)6-3-4-7-13/h5H,3-4,6-9H2,1-2H3,(H,14,17). The molecule has 2 aliphatic rings. The number of rotatable bonds is 2. The minimum atomic E-state index is -0.554. The van der Waals surface area contributed by atoms with Crippen LogP contribution in [0.4, 0.5) is 0 Å². The number of hydrogen-bond donors (Lipinski definition) is 1. The molecule has 0 aromatic carbocycles. The van der Waals surface area contributed by atoms with Gasteiger partial charge < -0.3 is 10.2 Å². The molecule has 94 valence electrons. The molecule has 17 heavy (non-hydrogen) atoms. The molecule has 2 rings (SSSR count). The molecule has 0 aromatic rings. The second-order valence-corrected chi connectivity index (χ2v) is 5.21. The first-order valence-electron chi connectivity index (χ1n) is 6.28. The van der Waals surface area contributed by atoms with E-state index in [0.29, 0.717) is 6.54 Å². The quantitative estimate of drug-likeness (QED) is 0.733. The monoisotopic (exact) mass is 236 g/mol. The Morgan fingerprint density at radius 3 is 2.59 bits per heavy atom. The van der Waals surface area contributed by atoms with E-state index < -0.39 is 5.54 Å². The summed E-state index contributed by atoms with van der Waals surface area (Å²) >= 11 is 0. The topological polar surface area (TPSA) is 49.4 Å². The zero-order valence-corrected chi connectivity index (χ0v) is 10.6. The molecule has 0 bridgehead atoms. The number of amides is 2. The maximum atomic E-state index is 12.1. The van der Waals surface area contributed by atoms with E-state index in [2.05, 4.69) is 5.32 Å². The molecule has 1 heterocycles. The molecule has 1 N–H and O–H groups in total. The van der Waals surface area contributed by atoms with Crippen LogP contribution < -0.4 is 5.32 Å². The van der Waals surface area contributed by atoms with Gasteiger partial charge in [-0.05, 0) is 26.7 Å². The van der Waals surface area contributed by atoms with Crippen molar-refractivity contribution in [3.8, 4) is 0 Å². The van der Waals surface area contributed by atoms with Gasteiger partial charge in [-0.1, -0.05) is 24.5 Å². The van der Waals surface area contributed by atoms with Gasteiger partial charge in [0.15, 0.2) is 0 Å². The molecule has 4 heteroatoms. The summed E-state index contributed by atoms with van der Waals surface area (Å²) in [5.74, 6) is 0.0840. The van der Waals surface area contributed by atoms with Gasteiger partial charge in [0.1, 0.15) is 5.54 Å². The Bertz CT molecular complexity index is 364. The molecular weight excluding hydrogens is 216 g/mol. The molecular formula is C13H20N2O2. The van der Waals surface area contributed by atoms with E-state index in [1.165, 1.54) is 5.57 Å². The van der Waals surface area contributed by atoms with E-state index in [9.17, 15) is 9.59 Å². The van der Waals surface area contributed by atoms with Crippen molar-refractivity contribution in [2.24, 2.45) is 0 Å². The van der Waals surface area contributed by atoms with Gasteiger partial charge in [0, 0.05) is 6.54 Å². The van der Waals surface area contributed by atoms with Gasteiger partial charge in [-0.2, -0.15) is 0 Å². The average Bonchev–Trinajstić information content (AvgIpc) is 2.74. The minimum absolute atomic E-state index is 0.0387. The number of piperazine rings is 1. The Kier molecular flexibility index (Phi) is 3.22. The Hall–Kier alpha value is -1.32. The number of carbonyl (C=O) groups is 2. The summed E-state index contributed by atoms with van der Waals surface area (Å²) in [6, 6.07) is 0. The van der Waals surface area contributed by atoms with Crippen molar-refractivity contribution in [2.75, 3.05) is 13.1 Å². The van der Waals surface area contributed by atoms with Gasteiger partial charge in [0.25, 0.3) is 0 Å². The maximum Gasteiger partial charge on any atom is 0.246 e. The second kappa shape index (κ2) is 4.51. The van der Waals surface area contributed by atoms with Gasteiger partial charge in [-0.15, -0.1) is 0 Å². The zero-order chi connectivity index (χ0) is 12.5. The predicted molar refractivity (Wildman–Crippen MR) is 65.4 cm³/mol. The SMILES string of the molecule is CC(C)=CCN1C(=O)CNC(=O)C12CCCC2. The van der Waals surface area contributed by atoms with Crippen molar-refractivity contribution in [3.05, 3.63) is 11.6 Å². The highest BCUT2D eigenvalue weighted by atomic mass is 16.2. The Labute approximate surface area is 102 Å². The highest BCUT2D eigenvalue weighted by molar-refractivity contribution is 5.98. The van der Waals surface area contributed by atoms with E-state index in [1.807, 2.05) is 19.9 Å². The van der Waals surface area contributed by atoms with Crippen LogP contribution in [-0.2, 0) is 9.59 Å². The van der Waals surface area contributed by atoms with Gasteiger partial charge in [0.2, 0.25) is 11.8 Å². The third-order valence-corrected chi connectivity index (χ3v) is 3.75. The Morgan fingerprint density at radius 1 is 1.35 bits per heavy atom. The fourth-order valence-corrected chi connectivity index (χ4v) is 2.78. The third-order valence-electron chi connectivity index (χ3n) is 3.75. The lowest BCUT2D eigenvalue weighted by Gasteiger charge is -2.43. The van der Waals surface area contributed by atoms with Gasteiger partial charge in [-0.25, -0.2) is 0 Å². The lowest BCUT2D eigenvalue weighted by molar-refractivity contribution is -0.152. The summed E-state index contributed by atoms with van der Waals surface area (Å²) < 4.78 is 0. The molecule has 1 spiro atoms. The molecule has 0 atom stereocenters. The summed E-state index contributed by atoms with van der Waals surface area (Å²) in [6.07, 6.45) is 5.71. The van der Waals surface area contributed by atoms with Gasteiger partial charge in [0.05, 0.1) is 6.54 Å². The zero-order valence-electron chi connectivity index (χ0n) is 10.6. The first kappa shape index (κ1) is 12.1. The lowest BCUT2D eigenvalue weighted by atomic mass is 9.91. The van der Waals surface area contributed by atoms with Crippen molar-refractivity contribution in [3.63, 3.8) is 0 Å². The minimum Gasteiger partial charge on any atom is -0.345 e. The number of hydrogen-bond acceptors (Lipinski definition) is 2. The van der Waals surface area contributed by atoms with Crippen LogP contribution in [0.25, 0.3) is 0 Å². The smallest absolute Gasteiger partial charge is 0.246 e. The molecule has 0 radical (unpaired) electrons. The summed E-state index contributed by atoms with van der Waals surface area (Å²) in [5, 5.41) is 2.73. The largest absolute Gasteiger partial charge is 0.345 e. The second-order valence-electron chi connectivity index (χ2n) is 5.21. The molecule has 1 saturated heterocycles. The Morgan fingerprint density at radius 2 is 2.00 bits per heavy atom. The van der Waals surface area contributed by atoms with E-state index in [1.54, 1.807) is 4.90 Å². The molecule has 1 aliphatic carbocycles. The van der Waals surface area contributed by atoms with Crippen LogP contribution in [0.15, 0.2) is 11.6 Å². The molecule has 1 saturated carbocycles. The summed E-state index contributed by atoms with van der Waals surface area (Å²) in [7, 11) is 0. The molecule has 0 unspecified atom stereocenters. The summed E-state index contributed by atoms with van der Waals surface area (Å²) in [4.78, 5) is 25.9. The van der Waals surface area contributed by atoms with Crippen LogP contribution in [0.5, 0.6) is 0 Å². The average molecular weight is 236 g/mol. The number of allylic oxidation sites excluding steroid dienone is 1. The number of nitrogens with one attached hydrogen (secondary N) is 1. The number of nitrogens with zero attached hydrogens (tertiary/aromatic N) is 1. The highest BCUT2D eigenvalue weighted by Crippen LogP contribution is 2.37. The van der Waals surface area contributed by atoms with E-state index in [0.717, 1.165) is 25.7 Å². The van der Waals surface area contributed by atoms with Crippen LogP contribution in [0.1, 0.15) is 39.5 Å². The third kappa shape index (κ3) is 2.08. The van der Waals surface area contributed by atoms with Crippen molar-refractivity contribution in [1.82, 2.24) is 10.2 Å². The fourth-order valence-electron chi connectivity index (χ4n) is 2.78. The van der Waals surface area contributed by atoms with E-state index in [4.69, 9.17) is 0 Å². The predicted octanol–water partition coefficient (Wildman–Crippen LogP) is 1.22. The molecule has 2 fully saturated rings. The normalized spacial score (nSPS) is 22.8. The van der Waals surface area contributed by atoms with E-state index in [-0.39, 0.29) is 18.4 Å². The number of carbonyl (C=O) groups excluding carboxylic acids is 2. The molecule has 1 aliphatic heterocycles. The van der Waals surface area contributed by atoms with Crippen LogP contribution >= 0.6 is 0 Å². The summed E-state index contributed by atoms with van der Waals surface area (Å²) in [5.41, 5.74) is 0.623. The molecule has 4 nitrogen and oxygen atoms in total. The van der Waals surface area contributed by atoms with E-state index >= 15 is 0 Å². The van der Waals surface area contributed by atoms with Crippen molar-refractivity contribution in [1.29, 1.82) is 0 Å². The van der Waals surface area contributed by atoms with Gasteiger partial charge >= 0.3 is 0 Å². The van der Waals surface area contributed by atoms with Crippen molar-refractivity contribution in [2.45, 2.75) is 45.1 Å². The van der Waals surface area contributed by atoms with Crippen LogP contribution in [-0.4, -0.2) is 35.3 Å². The van der Waals surface area contributed by atoms with Crippen LogP contribution in [0, 0.1) is 0 Å². The molecule has 2 amide bonds. The highest BCUT2D eigenvalue weighted by Gasteiger charge is 2.50. The van der Waals surface area contributed by atoms with Crippen LogP contribution in [0.2, 0.25) is 0 Å². The summed E-state index contributed by atoms with van der Waals surface area (Å²) in [6.45, 7) is 4.73. The maximum absolute atomic E-state index is 12.1. The first-order chi connectivity index (χ1) is 8.06. The lowest BCUT2D eigenvalue weighted by Crippen LogP contribution is -2.66. The Balaban J connectivity index is 2.25. The van der Waals surface area contributed by atoms with Crippen molar-refractivity contribution >= 4 is 11.8 Å². The first-order valence-corrected chi connectivity index (χ1v) is 6.28. The van der Waals surface area contributed by atoms with Gasteiger partial charge in [-0.3, -0.25) is 9.59 Å². The molecule has 0 aromatic heterocycles. The fraction of sp³-hybridized carbons (Fsp3) is 0.692. The van der Waals surface area contributed by atoms with Crippen molar-refractivity contribution < 1.29 is 9.59 Å².